The Kier molecular flexibility index (Phi) is 5.44. The molecule has 0 atom stereocenters. The molecule has 8 heteroatoms. The molecule has 1 N–H and O–H groups in total. The molecule has 0 bridgehead atoms. The lowest BCUT2D eigenvalue weighted by atomic mass is 10.2. The summed E-state index contributed by atoms with van der Waals surface area (Å²) in [5.41, 5.74) is 0.539. The van der Waals surface area contributed by atoms with E-state index < -0.39 is 10.0 Å². The van der Waals surface area contributed by atoms with Crippen LogP contribution in [0.4, 0.5) is 0 Å². The van der Waals surface area contributed by atoms with Crippen LogP contribution in [0.2, 0.25) is 5.02 Å². The molecule has 1 aromatic rings. The molecule has 1 amide bonds. The lowest BCUT2D eigenvalue weighted by Gasteiger charge is -2.36. The molecule has 0 aromatic heterocycles. The van der Waals surface area contributed by atoms with Crippen LogP contribution in [0.5, 0.6) is 0 Å². The van der Waals surface area contributed by atoms with Crippen LogP contribution < -0.4 is 5.32 Å². The molecule has 24 heavy (non-hydrogen) atoms. The van der Waals surface area contributed by atoms with E-state index in [1.807, 2.05) is 0 Å². The molecule has 132 valence electrons. The van der Waals surface area contributed by atoms with E-state index >= 15 is 0 Å². The van der Waals surface area contributed by atoms with Gasteiger partial charge in [-0.3, -0.25) is 4.79 Å². The molecule has 0 spiro atoms. The number of nitrogens with zero attached hydrogens (tertiary/aromatic N) is 2. The normalized spacial score (nSPS) is 21.0. The standard InChI is InChI=1S/C16H22ClN3O3S/c17-14-3-1-2-13(12-14)16(21)19-8-10-20(11-9-19)24(22,23)15-4-6-18-7-5-15/h1-3,12,15,18H,4-11H2. The highest BCUT2D eigenvalue weighted by molar-refractivity contribution is 7.89. The number of nitrogens with one attached hydrogen (secondary N) is 1. The first-order valence-corrected chi connectivity index (χ1v) is 10.1. The third-order valence-corrected chi connectivity index (χ3v) is 7.30. The number of benzene rings is 1. The molecule has 0 saturated carbocycles. The van der Waals surface area contributed by atoms with E-state index in [9.17, 15) is 13.2 Å². The highest BCUT2D eigenvalue weighted by atomic mass is 35.5. The fourth-order valence-corrected chi connectivity index (χ4v) is 5.37. The van der Waals surface area contributed by atoms with Gasteiger partial charge in [-0.1, -0.05) is 17.7 Å². The molecule has 3 rings (SSSR count). The molecule has 2 aliphatic rings. The van der Waals surface area contributed by atoms with Gasteiger partial charge in [-0.25, -0.2) is 8.42 Å². The molecular formula is C16H22ClN3O3S. The van der Waals surface area contributed by atoms with Gasteiger partial charge in [0.05, 0.1) is 5.25 Å². The van der Waals surface area contributed by atoms with E-state index in [2.05, 4.69) is 5.32 Å². The smallest absolute Gasteiger partial charge is 0.253 e. The van der Waals surface area contributed by atoms with Crippen molar-refractivity contribution in [3.8, 4) is 0 Å². The zero-order chi connectivity index (χ0) is 17.2. The number of piperazine rings is 1. The fraction of sp³-hybridized carbons (Fsp3) is 0.562. The van der Waals surface area contributed by atoms with Gasteiger partial charge in [-0.15, -0.1) is 0 Å². The second-order valence-electron chi connectivity index (χ2n) is 6.20. The summed E-state index contributed by atoms with van der Waals surface area (Å²) in [5.74, 6) is -0.101. The number of amides is 1. The van der Waals surface area contributed by atoms with Gasteiger partial charge >= 0.3 is 0 Å². The summed E-state index contributed by atoms with van der Waals surface area (Å²) in [6.07, 6.45) is 1.31. The zero-order valence-electron chi connectivity index (χ0n) is 13.4. The first-order valence-electron chi connectivity index (χ1n) is 8.23. The Morgan fingerprint density at radius 1 is 1.12 bits per heavy atom. The predicted octanol–water partition coefficient (Wildman–Crippen LogP) is 1.18. The number of rotatable bonds is 3. The van der Waals surface area contributed by atoms with Gasteiger partial charge in [-0.2, -0.15) is 4.31 Å². The number of halogens is 1. The maximum absolute atomic E-state index is 12.7. The van der Waals surface area contributed by atoms with Crippen LogP contribution in [-0.2, 0) is 10.0 Å². The van der Waals surface area contributed by atoms with Gasteiger partial charge in [-0.05, 0) is 44.1 Å². The number of carbonyl (C=O) groups excluding carboxylic acids is 1. The molecular weight excluding hydrogens is 350 g/mol. The summed E-state index contributed by atoms with van der Waals surface area (Å²) in [6, 6.07) is 6.84. The van der Waals surface area contributed by atoms with Crippen LogP contribution in [0.3, 0.4) is 0 Å². The minimum Gasteiger partial charge on any atom is -0.336 e. The Labute approximate surface area is 147 Å². The summed E-state index contributed by atoms with van der Waals surface area (Å²) < 4.78 is 27.0. The molecule has 2 heterocycles. The second kappa shape index (κ2) is 7.39. The average Bonchev–Trinajstić information content (AvgIpc) is 2.62. The van der Waals surface area contributed by atoms with Crippen molar-refractivity contribution >= 4 is 27.5 Å². The van der Waals surface area contributed by atoms with Crippen LogP contribution in [0, 0.1) is 0 Å². The average molecular weight is 372 g/mol. The molecule has 1 aromatic carbocycles. The van der Waals surface area contributed by atoms with Crippen molar-refractivity contribution in [2.45, 2.75) is 18.1 Å². The predicted molar refractivity (Wildman–Crippen MR) is 93.7 cm³/mol. The third kappa shape index (κ3) is 3.74. The van der Waals surface area contributed by atoms with Crippen molar-refractivity contribution in [1.82, 2.24) is 14.5 Å². The third-order valence-electron chi connectivity index (χ3n) is 4.66. The van der Waals surface area contributed by atoms with E-state index in [0.29, 0.717) is 49.6 Å². The second-order valence-corrected chi connectivity index (χ2v) is 8.85. The van der Waals surface area contributed by atoms with E-state index in [-0.39, 0.29) is 11.2 Å². The van der Waals surface area contributed by atoms with Crippen LogP contribution in [-0.4, -0.2) is 68.0 Å². The maximum Gasteiger partial charge on any atom is 0.253 e. The summed E-state index contributed by atoms with van der Waals surface area (Å²) >= 11 is 5.93. The highest BCUT2D eigenvalue weighted by Gasteiger charge is 2.35. The van der Waals surface area contributed by atoms with Gasteiger partial charge < -0.3 is 10.2 Å². The molecule has 2 aliphatic heterocycles. The monoisotopic (exact) mass is 371 g/mol. The summed E-state index contributed by atoms with van der Waals surface area (Å²) in [4.78, 5) is 14.2. The number of sulfonamides is 1. The number of carbonyl (C=O) groups is 1. The molecule has 0 radical (unpaired) electrons. The van der Waals surface area contributed by atoms with Crippen molar-refractivity contribution in [3.05, 3.63) is 34.9 Å². The summed E-state index contributed by atoms with van der Waals surface area (Å²) in [6.45, 7) is 3.04. The number of piperidine rings is 1. The summed E-state index contributed by atoms with van der Waals surface area (Å²) in [5, 5.41) is 3.41. The van der Waals surface area contributed by atoms with Crippen molar-refractivity contribution in [2.75, 3.05) is 39.3 Å². The van der Waals surface area contributed by atoms with Crippen LogP contribution in [0.1, 0.15) is 23.2 Å². The fourth-order valence-electron chi connectivity index (χ4n) is 3.25. The van der Waals surface area contributed by atoms with E-state index in [1.165, 1.54) is 0 Å². The molecule has 2 saturated heterocycles. The first-order chi connectivity index (χ1) is 11.5. The lowest BCUT2D eigenvalue weighted by Crippen LogP contribution is -2.53. The molecule has 6 nitrogen and oxygen atoms in total. The van der Waals surface area contributed by atoms with Gasteiger partial charge in [0.1, 0.15) is 0 Å². The van der Waals surface area contributed by atoms with E-state index in [0.717, 1.165) is 13.1 Å². The topological polar surface area (TPSA) is 69.7 Å². The van der Waals surface area contributed by atoms with Gasteiger partial charge in [0, 0.05) is 36.8 Å². The van der Waals surface area contributed by atoms with Gasteiger partial charge in [0.2, 0.25) is 10.0 Å². The van der Waals surface area contributed by atoms with Gasteiger partial charge in [0.25, 0.3) is 5.91 Å². The lowest BCUT2D eigenvalue weighted by molar-refractivity contribution is 0.0697. The highest BCUT2D eigenvalue weighted by Crippen LogP contribution is 2.20. The van der Waals surface area contributed by atoms with Crippen molar-refractivity contribution in [1.29, 1.82) is 0 Å². The first kappa shape index (κ1) is 17.7. The molecule has 2 fully saturated rings. The van der Waals surface area contributed by atoms with E-state index in [1.54, 1.807) is 33.5 Å². The molecule has 0 unspecified atom stereocenters. The minimum atomic E-state index is -3.27. The van der Waals surface area contributed by atoms with Gasteiger partial charge in [0.15, 0.2) is 0 Å². The van der Waals surface area contributed by atoms with E-state index in [4.69, 9.17) is 11.6 Å². The van der Waals surface area contributed by atoms with Crippen molar-refractivity contribution in [2.24, 2.45) is 0 Å². The Hall–Kier alpha value is -1.15. The van der Waals surface area contributed by atoms with Crippen molar-refractivity contribution in [3.63, 3.8) is 0 Å². The van der Waals surface area contributed by atoms with Crippen LogP contribution in [0.15, 0.2) is 24.3 Å². The Bertz CT molecular complexity index is 696. The Balaban J connectivity index is 1.62. The Morgan fingerprint density at radius 2 is 1.79 bits per heavy atom. The summed E-state index contributed by atoms with van der Waals surface area (Å²) in [7, 11) is -3.27. The van der Waals surface area contributed by atoms with Crippen LogP contribution in [0.25, 0.3) is 0 Å². The minimum absolute atomic E-state index is 0.101. The zero-order valence-corrected chi connectivity index (χ0v) is 15.0. The van der Waals surface area contributed by atoms with Crippen LogP contribution >= 0.6 is 11.6 Å². The Morgan fingerprint density at radius 3 is 2.42 bits per heavy atom. The number of hydrogen-bond donors (Lipinski definition) is 1. The maximum atomic E-state index is 12.7. The van der Waals surface area contributed by atoms with Crippen molar-refractivity contribution < 1.29 is 13.2 Å². The number of hydrogen-bond acceptors (Lipinski definition) is 4. The molecule has 0 aliphatic carbocycles. The largest absolute Gasteiger partial charge is 0.336 e. The SMILES string of the molecule is O=C(c1cccc(Cl)c1)N1CCN(S(=O)(=O)C2CCNCC2)CC1. The quantitative estimate of drug-likeness (QED) is 0.866.